The minimum Gasteiger partial charge on any atom is -0.355 e. The smallest absolute Gasteiger partial charge is 0.251 e. The summed E-state index contributed by atoms with van der Waals surface area (Å²) in [6.07, 6.45) is 2.62. The number of likely N-dealkylation sites (tertiary alicyclic amines) is 1. The minimum atomic E-state index is -0.0585. The lowest BCUT2D eigenvalue weighted by molar-refractivity contribution is -0.122. The van der Waals surface area contributed by atoms with Crippen LogP contribution in [0.25, 0.3) is 0 Å². The van der Waals surface area contributed by atoms with Crippen LogP contribution in [0.1, 0.15) is 42.1 Å². The highest BCUT2D eigenvalue weighted by Gasteiger charge is 2.22. The zero-order chi connectivity index (χ0) is 22.9. The summed E-state index contributed by atoms with van der Waals surface area (Å²) in [5.74, 6) is 0.708. The summed E-state index contributed by atoms with van der Waals surface area (Å²) in [5, 5.41) is 7.38. The van der Waals surface area contributed by atoms with Gasteiger partial charge >= 0.3 is 0 Å². The number of hydrogen-bond acceptors (Lipinski definition) is 4. The molecule has 0 aliphatic carbocycles. The molecule has 3 rings (SSSR count). The first-order chi connectivity index (χ1) is 15.4. The molecule has 0 aromatic heterocycles. The summed E-state index contributed by atoms with van der Waals surface area (Å²) in [4.78, 5) is 27.7. The third kappa shape index (κ3) is 7.69. The van der Waals surface area contributed by atoms with Gasteiger partial charge in [-0.25, -0.2) is 0 Å². The van der Waals surface area contributed by atoms with E-state index in [9.17, 15) is 9.59 Å². The molecule has 1 saturated heterocycles. The van der Waals surface area contributed by atoms with E-state index in [1.165, 1.54) is 0 Å². The topological polar surface area (TPSA) is 61.4 Å². The molecular weight excluding hydrogens is 465 g/mol. The Kier molecular flexibility index (Phi) is 9.72. The van der Waals surface area contributed by atoms with Crippen molar-refractivity contribution in [2.75, 3.05) is 26.2 Å². The molecule has 2 amide bonds. The van der Waals surface area contributed by atoms with Crippen LogP contribution in [-0.4, -0.2) is 48.9 Å². The molecule has 1 aliphatic heterocycles. The minimum absolute atomic E-state index is 0.0585. The second-order valence-electron chi connectivity index (χ2n) is 7.94. The van der Waals surface area contributed by atoms with Gasteiger partial charge in [0, 0.05) is 46.9 Å². The number of halogens is 2. The van der Waals surface area contributed by atoms with Gasteiger partial charge in [-0.15, -0.1) is 11.8 Å². The number of piperidine rings is 1. The second kappa shape index (κ2) is 12.5. The normalized spacial score (nSPS) is 14.8. The fourth-order valence-electron chi connectivity index (χ4n) is 3.58. The lowest BCUT2D eigenvalue weighted by Crippen LogP contribution is -2.47. The van der Waals surface area contributed by atoms with Crippen LogP contribution in [0.2, 0.25) is 10.0 Å². The molecule has 0 radical (unpaired) electrons. The number of hydrogen-bond donors (Lipinski definition) is 2. The first-order valence-corrected chi connectivity index (χ1v) is 12.7. The van der Waals surface area contributed by atoms with Crippen LogP contribution in [0.3, 0.4) is 0 Å². The number of nitrogens with one attached hydrogen (secondary N) is 2. The van der Waals surface area contributed by atoms with E-state index in [0.29, 0.717) is 27.9 Å². The van der Waals surface area contributed by atoms with Crippen molar-refractivity contribution in [1.82, 2.24) is 15.5 Å². The van der Waals surface area contributed by atoms with Gasteiger partial charge in [-0.3, -0.25) is 14.5 Å². The van der Waals surface area contributed by atoms with Crippen LogP contribution in [-0.2, 0) is 10.5 Å². The Morgan fingerprint density at radius 3 is 2.66 bits per heavy atom. The predicted octanol–water partition coefficient (Wildman–Crippen LogP) is 5.01. The van der Waals surface area contributed by atoms with Gasteiger partial charge in [-0.2, -0.15) is 0 Å². The summed E-state index contributed by atoms with van der Waals surface area (Å²) in [6.45, 7) is 4.80. The molecular formula is C24H29Cl2N3O2S. The third-order valence-electron chi connectivity index (χ3n) is 5.34. The van der Waals surface area contributed by atoms with E-state index in [1.54, 1.807) is 23.9 Å². The summed E-state index contributed by atoms with van der Waals surface area (Å²) >= 11 is 13.9. The van der Waals surface area contributed by atoms with Gasteiger partial charge in [0.15, 0.2) is 0 Å². The molecule has 0 spiro atoms. The Bertz CT molecular complexity index is 933. The number of benzene rings is 2. The maximum Gasteiger partial charge on any atom is 0.251 e. The fraction of sp³-hybridized carbons (Fsp3) is 0.417. The average molecular weight is 494 g/mol. The zero-order valence-corrected chi connectivity index (χ0v) is 20.5. The van der Waals surface area contributed by atoms with Crippen molar-refractivity contribution in [2.45, 2.75) is 42.9 Å². The number of carbonyl (C=O) groups excluding carboxylic acids is 2. The molecule has 32 heavy (non-hydrogen) atoms. The van der Waals surface area contributed by atoms with Gasteiger partial charge in [0.25, 0.3) is 5.91 Å². The van der Waals surface area contributed by atoms with Crippen LogP contribution < -0.4 is 10.6 Å². The van der Waals surface area contributed by atoms with Crippen molar-refractivity contribution in [3.8, 4) is 0 Å². The van der Waals surface area contributed by atoms with Crippen molar-refractivity contribution in [3.63, 3.8) is 0 Å². The average Bonchev–Trinajstić information content (AvgIpc) is 2.79. The van der Waals surface area contributed by atoms with E-state index in [1.807, 2.05) is 37.3 Å². The Hall–Kier alpha value is -1.73. The van der Waals surface area contributed by atoms with Crippen molar-refractivity contribution in [2.24, 2.45) is 0 Å². The second-order valence-corrected chi connectivity index (χ2v) is 9.80. The maximum absolute atomic E-state index is 12.8. The Labute approximate surface area is 204 Å². The monoisotopic (exact) mass is 493 g/mol. The Morgan fingerprint density at radius 1 is 1.12 bits per heavy atom. The van der Waals surface area contributed by atoms with Crippen molar-refractivity contribution < 1.29 is 9.59 Å². The van der Waals surface area contributed by atoms with Crippen LogP contribution in [0.5, 0.6) is 0 Å². The van der Waals surface area contributed by atoms with Crippen molar-refractivity contribution in [3.05, 3.63) is 63.6 Å². The molecule has 172 valence electrons. The molecule has 8 heteroatoms. The highest BCUT2D eigenvalue weighted by atomic mass is 35.5. The number of nitrogens with zero attached hydrogens (tertiary/aromatic N) is 1. The first kappa shape index (κ1) is 24.9. The van der Waals surface area contributed by atoms with Gasteiger partial charge in [-0.1, -0.05) is 42.3 Å². The quantitative estimate of drug-likeness (QED) is 0.482. The van der Waals surface area contributed by atoms with E-state index < -0.39 is 0 Å². The van der Waals surface area contributed by atoms with Crippen LogP contribution in [0.4, 0.5) is 0 Å². The highest BCUT2D eigenvalue weighted by molar-refractivity contribution is 7.98. The van der Waals surface area contributed by atoms with Gasteiger partial charge in [0.2, 0.25) is 5.91 Å². The van der Waals surface area contributed by atoms with Gasteiger partial charge in [0.05, 0.1) is 11.6 Å². The number of thioether (sulfide) groups is 1. The molecule has 2 aromatic rings. The molecule has 0 atom stereocenters. The van der Waals surface area contributed by atoms with Gasteiger partial charge < -0.3 is 10.6 Å². The third-order valence-corrected chi connectivity index (χ3v) is 7.14. The molecule has 2 N–H and O–H groups in total. The number of carbonyl (C=O) groups is 2. The first-order valence-electron chi connectivity index (χ1n) is 10.9. The lowest BCUT2D eigenvalue weighted by Gasteiger charge is -2.31. The summed E-state index contributed by atoms with van der Waals surface area (Å²) in [5.41, 5.74) is 1.70. The van der Waals surface area contributed by atoms with Crippen LogP contribution in [0.15, 0.2) is 47.4 Å². The van der Waals surface area contributed by atoms with Crippen molar-refractivity contribution in [1.29, 1.82) is 0 Å². The molecule has 1 heterocycles. The van der Waals surface area contributed by atoms with E-state index in [-0.39, 0.29) is 17.9 Å². The maximum atomic E-state index is 12.8. The summed E-state index contributed by atoms with van der Waals surface area (Å²) < 4.78 is 0. The molecule has 0 unspecified atom stereocenters. The zero-order valence-electron chi connectivity index (χ0n) is 18.2. The van der Waals surface area contributed by atoms with E-state index in [0.717, 1.165) is 49.4 Å². The highest BCUT2D eigenvalue weighted by Crippen LogP contribution is 2.32. The number of amides is 2. The van der Waals surface area contributed by atoms with Crippen LogP contribution >= 0.6 is 35.0 Å². The fourth-order valence-corrected chi connectivity index (χ4v) is 5.01. The van der Waals surface area contributed by atoms with E-state index in [4.69, 9.17) is 23.2 Å². The standard InChI is InChI=1S/C24H29Cl2N3O2S/c1-2-10-27-23(30)15-29-11-8-20(9-12-29)28-24(31)18-5-3-4-17(13-18)16-32-22-14-19(25)6-7-21(22)26/h3-7,13-14,20H,2,8-12,15-16H2,1H3,(H,27,30)(H,28,31). The Morgan fingerprint density at radius 2 is 1.91 bits per heavy atom. The molecule has 0 bridgehead atoms. The van der Waals surface area contributed by atoms with Crippen LogP contribution in [0, 0.1) is 0 Å². The van der Waals surface area contributed by atoms with Gasteiger partial charge in [0.1, 0.15) is 0 Å². The van der Waals surface area contributed by atoms with Crippen molar-refractivity contribution >= 4 is 46.8 Å². The lowest BCUT2D eigenvalue weighted by atomic mass is 10.0. The molecule has 1 aliphatic rings. The number of rotatable bonds is 9. The molecule has 2 aromatic carbocycles. The SMILES string of the molecule is CCCNC(=O)CN1CCC(NC(=O)c2cccc(CSc3cc(Cl)ccc3Cl)c2)CC1. The summed E-state index contributed by atoms with van der Waals surface area (Å²) in [7, 11) is 0. The molecule has 1 fully saturated rings. The predicted molar refractivity (Wildman–Crippen MR) is 133 cm³/mol. The van der Waals surface area contributed by atoms with E-state index in [2.05, 4.69) is 15.5 Å². The van der Waals surface area contributed by atoms with Gasteiger partial charge in [-0.05, 0) is 55.2 Å². The molecule has 5 nitrogen and oxygen atoms in total. The molecule has 0 saturated carbocycles. The summed E-state index contributed by atoms with van der Waals surface area (Å²) in [6, 6.07) is 13.2. The Balaban J connectivity index is 1.48. The largest absolute Gasteiger partial charge is 0.355 e. The van der Waals surface area contributed by atoms with E-state index >= 15 is 0 Å².